The van der Waals surface area contributed by atoms with Gasteiger partial charge >= 0.3 is 0 Å². The molecule has 0 radical (unpaired) electrons. The highest BCUT2D eigenvalue weighted by molar-refractivity contribution is 5.80. The van der Waals surface area contributed by atoms with E-state index in [1.807, 2.05) is 11.0 Å². The third kappa shape index (κ3) is 7.01. The molecule has 2 saturated heterocycles. The molecule has 0 bridgehead atoms. The molecule has 1 amide bonds. The van der Waals surface area contributed by atoms with E-state index in [9.17, 15) is 4.79 Å². The minimum Gasteiger partial charge on any atom is -0.379 e. The quantitative estimate of drug-likeness (QED) is 0.489. The van der Waals surface area contributed by atoms with Crippen molar-refractivity contribution in [2.45, 2.75) is 58.3 Å². The lowest BCUT2D eigenvalue weighted by Gasteiger charge is -2.19. The Bertz CT molecular complexity index is 688. The first-order chi connectivity index (χ1) is 14.1. The Kier molecular flexibility index (Phi) is 8.31. The number of ether oxygens (including phenoxy) is 2. The minimum absolute atomic E-state index is 0.154. The lowest BCUT2D eigenvalue weighted by atomic mass is 10.1. The Morgan fingerprint density at radius 2 is 2.28 bits per heavy atom. The zero-order valence-electron chi connectivity index (χ0n) is 17.7. The van der Waals surface area contributed by atoms with Crippen molar-refractivity contribution in [1.82, 2.24) is 15.5 Å². The number of carbonyl (C=O) groups excluding carboxylic acids is 1. The molecule has 2 fully saturated rings. The maximum atomic E-state index is 11.9. The summed E-state index contributed by atoms with van der Waals surface area (Å²) in [4.78, 5) is 18.5. The first-order valence-corrected chi connectivity index (χ1v) is 10.7. The van der Waals surface area contributed by atoms with Crippen molar-refractivity contribution in [3.63, 3.8) is 0 Å². The van der Waals surface area contributed by atoms with Gasteiger partial charge in [0.05, 0.1) is 25.9 Å². The average molecular weight is 403 g/mol. The van der Waals surface area contributed by atoms with Crippen molar-refractivity contribution in [3.8, 4) is 0 Å². The molecular formula is C22H34N4O3. The summed E-state index contributed by atoms with van der Waals surface area (Å²) >= 11 is 0. The summed E-state index contributed by atoms with van der Waals surface area (Å²) in [7, 11) is 0. The summed E-state index contributed by atoms with van der Waals surface area (Å²) in [5.74, 6) is 1.04. The van der Waals surface area contributed by atoms with Crippen LogP contribution in [0.4, 0.5) is 0 Å². The molecule has 1 aromatic carbocycles. The highest BCUT2D eigenvalue weighted by Gasteiger charge is 2.20. The molecule has 2 aliphatic heterocycles. The van der Waals surface area contributed by atoms with Gasteiger partial charge in [0.1, 0.15) is 0 Å². The Morgan fingerprint density at radius 1 is 1.41 bits per heavy atom. The normalized spacial score (nSPS) is 20.9. The Balaban J connectivity index is 1.51. The third-order valence-electron chi connectivity index (χ3n) is 5.15. The summed E-state index contributed by atoms with van der Waals surface area (Å²) in [5, 5.41) is 6.71. The number of nitrogens with zero attached hydrogens (tertiary/aromatic N) is 2. The van der Waals surface area contributed by atoms with E-state index in [2.05, 4.69) is 42.7 Å². The van der Waals surface area contributed by atoms with Crippen LogP contribution in [0, 0.1) is 0 Å². The van der Waals surface area contributed by atoms with Crippen LogP contribution in [0.2, 0.25) is 0 Å². The first-order valence-electron chi connectivity index (χ1n) is 10.7. The molecule has 2 unspecified atom stereocenters. The van der Waals surface area contributed by atoms with Crippen LogP contribution in [0.15, 0.2) is 29.3 Å². The number of rotatable bonds is 9. The largest absolute Gasteiger partial charge is 0.379 e. The number of aliphatic imine (C=N–C) groups is 1. The van der Waals surface area contributed by atoms with Gasteiger partial charge in [-0.3, -0.25) is 4.79 Å². The number of amides is 1. The first kappa shape index (κ1) is 21.6. The van der Waals surface area contributed by atoms with Gasteiger partial charge in [-0.15, -0.1) is 0 Å². The van der Waals surface area contributed by atoms with Gasteiger partial charge in [0, 0.05) is 38.7 Å². The second-order valence-electron chi connectivity index (χ2n) is 7.80. The molecule has 0 aromatic heterocycles. The number of likely N-dealkylation sites (tertiary alicyclic amines) is 1. The van der Waals surface area contributed by atoms with Crippen LogP contribution in [0.5, 0.6) is 0 Å². The van der Waals surface area contributed by atoms with Crippen LogP contribution >= 0.6 is 0 Å². The van der Waals surface area contributed by atoms with E-state index in [4.69, 9.17) is 14.5 Å². The van der Waals surface area contributed by atoms with E-state index in [0.29, 0.717) is 32.7 Å². The third-order valence-corrected chi connectivity index (χ3v) is 5.15. The van der Waals surface area contributed by atoms with Crippen LogP contribution in [-0.4, -0.2) is 61.8 Å². The van der Waals surface area contributed by atoms with Crippen molar-refractivity contribution in [1.29, 1.82) is 0 Å². The van der Waals surface area contributed by atoms with Crippen molar-refractivity contribution in [2.75, 3.05) is 32.9 Å². The molecular weight excluding hydrogens is 368 g/mol. The SMILES string of the molecule is CCNC(=NCc1cccc(CN2CCCC2=O)c1)NC(C)COC1CCOC1. The van der Waals surface area contributed by atoms with Crippen LogP contribution < -0.4 is 10.6 Å². The monoisotopic (exact) mass is 402 g/mol. The van der Waals surface area contributed by atoms with Gasteiger partial charge in [-0.25, -0.2) is 4.99 Å². The number of benzene rings is 1. The van der Waals surface area contributed by atoms with Crippen LogP contribution in [-0.2, 0) is 27.4 Å². The molecule has 160 valence electrons. The number of hydrogen-bond donors (Lipinski definition) is 2. The summed E-state index contributed by atoms with van der Waals surface area (Å²) in [6.07, 6.45) is 2.83. The molecule has 2 N–H and O–H groups in total. The Morgan fingerprint density at radius 3 is 3.00 bits per heavy atom. The maximum Gasteiger partial charge on any atom is 0.222 e. The van der Waals surface area contributed by atoms with E-state index in [-0.39, 0.29) is 18.1 Å². The molecule has 2 aliphatic rings. The fourth-order valence-corrected chi connectivity index (χ4v) is 3.61. The van der Waals surface area contributed by atoms with Crippen LogP contribution in [0.25, 0.3) is 0 Å². The Hall–Kier alpha value is -2.12. The highest BCUT2D eigenvalue weighted by atomic mass is 16.5. The summed E-state index contributed by atoms with van der Waals surface area (Å²) < 4.78 is 11.2. The lowest BCUT2D eigenvalue weighted by molar-refractivity contribution is -0.128. The minimum atomic E-state index is 0.154. The van der Waals surface area contributed by atoms with Gasteiger partial charge < -0.3 is 25.0 Å². The maximum absolute atomic E-state index is 11.9. The topological polar surface area (TPSA) is 75.2 Å². The van der Waals surface area contributed by atoms with Gasteiger partial charge in [-0.2, -0.15) is 0 Å². The molecule has 0 aliphatic carbocycles. The fraction of sp³-hybridized carbons (Fsp3) is 0.636. The standard InChI is InChI=1S/C22H34N4O3/c1-3-23-22(25-17(2)15-29-20-9-11-28-16-20)24-13-18-6-4-7-19(12-18)14-26-10-5-8-21(26)27/h4,6-7,12,17,20H,3,5,8-11,13-16H2,1-2H3,(H2,23,24,25). The zero-order chi connectivity index (χ0) is 20.5. The van der Waals surface area contributed by atoms with Crippen LogP contribution in [0.3, 0.4) is 0 Å². The predicted octanol–water partition coefficient (Wildman–Crippen LogP) is 2.06. The predicted molar refractivity (Wildman–Crippen MR) is 114 cm³/mol. The number of carbonyl (C=O) groups is 1. The van der Waals surface area contributed by atoms with E-state index >= 15 is 0 Å². The lowest BCUT2D eigenvalue weighted by Crippen LogP contribution is -2.44. The molecule has 1 aromatic rings. The van der Waals surface area contributed by atoms with Crippen molar-refractivity contribution >= 4 is 11.9 Å². The second-order valence-corrected chi connectivity index (χ2v) is 7.80. The van der Waals surface area contributed by atoms with Gasteiger partial charge in [0.25, 0.3) is 0 Å². The molecule has 2 atom stereocenters. The molecule has 0 saturated carbocycles. The molecule has 7 heteroatoms. The van der Waals surface area contributed by atoms with Gasteiger partial charge in [0.15, 0.2) is 5.96 Å². The van der Waals surface area contributed by atoms with E-state index in [1.54, 1.807) is 0 Å². The van der Waals surface area contributed by atoms with Crippen LogP contribution in [0.1, 0.15) is 44.2 Å². The van der Waals surface area contributed by atoms with E-state index in [0.717, 1.165) is 49.6 Å². The number of guanidine groups is 1. The van der Waals surface area contributed by atoms with Gasteiger partial charge in [-0.05, 0) is 37.8 Å². The van der Waals surface area contributed by atoms with Crippen molar-refractivity contribution in [3.05, 3.63) is 35.4 Å². The Labute approximate surface area is 173 Å². The van der Waals surface area contributed by atoms with E-state index in [1.165, 1.54) is 0 Å². The second kappa shape index (κ2) is 11.2. The van der Waals surface area contributed by atoms with Crippen molar-refractivity contribution < 1.29 is 14.3 Å². The van der Waals surface area contributed by atoms with Gasteiger partial charge in [0.2, 0.25) is 5.91 Å². The van der Waals surface area contributed by atoms with Crippen molar-refractivity contribution in [2.24, 2.45) is 4.99 Å². The van der Waals surface area contributed by atoms with Gasteiger partial charge in [-0.1, -0.05) is 24.3 Å². The van der Waals surface area contributed by atoms with E-state index < -0.39 is 0 Å². The fourth-order valence-electron chi connectivity index (χ4n) is 3.61. The average Bonchev–Trinajstić information content (AvgIpc) is 3.37. The summed E-state index contributed by atoms with van der Waals surface area (Å²) in [5.41, 5.74) is 2.30. The smallest absolute Gasteiger partial charge is 0.222 e. The molecule has 29 heavy (non-hydrogen) atoms. The molecule has 0 spiro atoms. The summed E-state index contributed by atoms with van der Waals surface area (Å²) in [6, 6.07) is 8.50. The molecule has 7 nitrogen and oxygen atoms in total. The highest BCUT2D eigenvalue weighted by Crippen LogP contribution is 2.15. The number of hydrogen-bond acceptors (Lipinski definition) is 4. The number of nitrogens with one attached hydrogen (secondary N) is 2. The summed E-state index contributed by atoms with van der Waals surface area (Å²) in [6.45, 7) is 9.20. The molecule has 3 rings (SSSR count). The molecule has 2 heterocycles. The zero-order valence-corrected chi connectivity index (χ0v) is 17.7.